The number of nitrogen functional groups attached to an aromatic ring is 1. The van der Waals surface area contributed by atoms with Gasteiger partial charge in [-0.25, -0.2) is 15.8 Å². The van der Waals surface area contributed by atoms with Gasteiger partial charge in [-0.15, -0.1) is 5.10 Å². The van der Waals surface area contributed by atoms with Crippen molar-refractivity contribution in [2.75, 3.05) is 5.43 Å². The number of nitrogens with two attached hydrogens (primary N) is 1. The van der Waals surface area contributed by atoms with E-state index in [-0.39, 0.29) is 5.95 Å². The molecule has 20 heavy (non-hydrogen) atoms. The number of hydrogen-bond donors (Lipinski definition) is 3. The van der Waals surface area contributed by atoms with Crippen LogP contribution in [0.3, 0.4) is 0 Å². The van der Waals surface area contributed by atoms with Gasteiger partial charge >= 0.3 is 0 Å². The fraction of sp³-hybridized carbons (Fsp3) is 0.125. The smallest absolute Gasteiger partial charge is 0.257 e. The third-order valence-electron chi connectivity index (χ3n) is 2.12. The molecule has 0 saturated carbocycles. The molecule has 0 saturated heterocycles. The lowest BCUT2D eigenvalue weighted by atomic mass is 10.8. The van der Waals surface area contributed by atoms with Crippen LogP contribution in [0.15, 0.2) is 23.0 Å². The zero-order valence-electron chi connectivity index (χ0n) is 10.2. The molecule has 4 N–H and O–H groups in total. The monoisotopic (exact) mass is 291 g/mol. The van der Waals surface area contributed by atoms with Gasteiger partial charge in [-0.1, -0.05) is 0 Å². The van der Waals surface area contributed by atoms with E-state index < -0.39 is 0 Å². The summed E-state index contributed by atoms with van der Waals surface area (Å²) in [6.07, 6.45) is 2.85. The Bertz CT molecular complexity index is 705. The minimum Gasteiger partial charge on any atom is -0.292 e. The number of H-pyrrole nitrogens is 1. The summed E-state index contributed by atoms with van der Waals surface area (Å²) in [5.41, 5.74) is 2.37. The minimum atomic E-state index is 0.209. The molecule has 102 valence electrons. The molecule has 0 aliphatic carbocycles. The number of hydrogen-bond acceptors (Lipinski definition) is 10. The SMILES string of the molecule is Cc1nc(Sc2nc(NN)nc(-n3cncn3)n2)n[nH]1. The van der Waals surface area contributed by atoms with E-state index in [1.54, 1.807) is 6.92 Å². The molecule has 11 nitrogen and oxygen atoms in total. The first-order chi connectivity index (χ1) is 9.74. The van der Waals surface area contributed by atoms with Crippen LogP contribution in [0.4, 0.5) is 5.95 Å². The molecule has 0 fully saturated rings. The van der Waals surface area contributed by atoms with Crippen molar-refractivity contribution in [2.45, 2.75) is 17.2 Å². The van der Waals surface area contributed by atoms with Gasteiger partial charge in [-0.2, -0.15) is 24.7 Å². The Morgan fingerprint density at radius 3 is 2.80 bits per heavy atom. The summed E-state index contributed by atoms with van der Waals surface area (Å²) in [7, 11) is 0. The van der Waals surface area contributed by atoms with E-state index >= 15 is 0 Å². The summed E-state index contributed by atoms with van der Waals surface area (Å²) in [5, 5.41) is 11.6. The van der Waals surface area contributed by atoms with Gasteiger partial charge in [0.05, 0.1) is 0 Å². The zero-order chi connectivity index (χ0) is 13.9. The number of rotatable bonds is 4. The molecule has 0 bridgehead atoms. The number of anilines is 1. The summed E-state index contributed by atoms with van der Waals surface area (Å²) in [4.78, 5) is 20.4. The lowest BCUT2D eigenvalue weighted by molar-refractivity contribution is 0.758. The molecular weight excluding hydrogens is 282 g/mol. The maximum absolute atomic E-state index is 5.34. The fourth-order valence-electron chi connectivity index (χ4n) is 1.32. The number of nitrogens with zero attached hydrogens (tertiary/aromatic N) is 8. The number of aromatic nitrogens is 9. The number of aryl methyl sites for hydroxylation is 1. The lowest BCUT2D eigenvalue weighted by Gasteiger charge is -2.04. The van der Waals surface area contributed by atoms with E-state index in [0.29, 0.717) is 22.1 Å². The van der Waals surface area contributed by atoms with Gasteiger partial charge in [0.1, 0.15) is 18.5 Å². The summed E-state index contributed by atoms with van der Waals surface area (Å²) in [6.45, 7) is 1.80. The van der Waals surface area contributed by atoms with Gasteiger partial charge in [0.15, 0.2) is 0 Å². The van der Waals surface area contributed by atoms with Crippen molar-refractivity contribution in [3.63, 3.8) is 0 Å². The van der Waals surface area contributed by atoms with Crippen LogP contribution >= 0.6 is 11.8 Å². The molecule has 3 aromatic rings. The van der Waals surface area contributed by atoms with Crippen LogP contribution in [-0.2, 0) is 0 Å². The van der Waals surface area contributed by atoms with Gasteiger partial charge in [-0.3, -0.25) is 10.5 Å². The molecular formula is C8H9N11S. The topological polar surface area (TPSA) is 149 Å². The second-order valence-corrected chi connectivity index (χ2v) is 4.47. The van der Waals surface area contributed by atoms with Gasteiger partial charge < -0.3 is 0 Å². The molecule has 0 aromatic carbocycles. The van der Waals surface area contributed by atoms with Crippen LogP contribution in [0.2, 0.25) is 0 Å². The molecule has 0 unspecified atom stereocenters. The molecule has 0 atom stereocenters. The zero-order valence-corrected chi connectivity index (χ0v) is 11.0. The van der Waals surface area contributed by atoms with Crippen molar-refractivity contribution in [3.8, 4) is 5.95 Å². The van der Waals surface area contributed by atoms with Crippen LogP contribution in [0.25, 0.3) is 5.95 Å². The average molecular weight is 291 g/mol. The Kier molecular flexibility index (Phi) is 3.22. The number of nitrogens with one attached hydrogen (secondary N) is 2. The predicted octanol–water partition coefficient (Wildman–Crippen LogP) is -0.684. The number of aromatic amines is 1. The van der Waals surface area contributed by atoms with Crippen molar-refractivity contribution < 1.29 is 0 Å². The van der Waals surface area contributed by atoms with E-state index in [1.807, 2.05) is 0 Å². The van der Waals surface area contributed by atoms with E-state index in [4.69, 9.17) is 5.84 Å². The van der Waals surface area contributed by atoms with Gasteiger partial charge in [-0.05, 0) is 18.7 Å². The van der Waals surface area contributed by atoms with Crippen molar-refractivity contribution in [2.24, 2.45) is 5.84 Å². The largest absolute Gasteiger partial charge is 0.292 e. The normalized spacial score (nSPS) is 10.7. The maximum atomic E-state index is 5.34. The first-order valence-corrected chi connectivity index (χ1v) is 6.21. The van der Waals surface area contributed by atoms with E-state index in [0.717, 1.165) is 0 Å². The maximum Gasteiger partial charge on any atom is 0.257 e. The van der Waals surface area contributed by atoms with Crippen LogP contribution < -0.4 is 11.3 Å². The highest BCUT2D eigenvalue weighted by Gasteiger charge is 2.11. The summed E-state index contributed by atoms with van der Waals surface area (Å²) >= 11 is 1.18. The first kappa shape index (κ1) is 12.4. The molecule has 0 radical (unpaired) electrons. The van der Waals surface area contributed by atoms with E-state index in [1.165, 1.54) is 29.1 Å². The van der Waals surface area contributed by atoms with Gasteiger partial charge in [0.25, 0.3) is 5.95 Å². The second kappa shape index (κ2) is 5.18. The second-order valence-electron chi connectivity index (χ2n) is 3.53. The Balaban J connectivity index is 1.96. The molecule has 3 heterocycles. The predicted molar refractivity (Wildman–Crippen MR) is 67.8 cm³/mol. The lowest BCUT2D eigenvalue weighted by Crippen LogP contribution is -2.14. The highest BCUT2D eigenvalue weighted by molar-refractivity contribution is 7.99. The van der Waals surface area contributed by atoms with Crippen molar-refractivity contribution in [1.82, 2.24) is 44.9 Å². The molecule has 3 aromatic heterocycles. The Hall–Kier alpha value is -2.60. The highest BCUT2D eigenvalue weighted by atomic mass is 32.2. The fourth-order valence-corrected chi connectivity index (χ4v) is 2.02. The Morgan fingerprint density at radius 2 is 2.15 bits per heavy atom. The summed E-state index contributed by atoms with van der Waals surface area (Å²) in [5.74, 6) is 6.55. The van der Waals surface area contributed by atoms with Gasteiger partial charge in [0.2, 0.25) is 16.3 Å². The molecule has 12 heteroatoms. The Morgan fingerprint density at radius 1 is 1.25 bits per heavy atom. The third-order valence-corrected chi connectivity index (χ3v) is 2.85. The van der Waals surface area contributed by atoms with E-state index in [2.05, 4.69) is 45.6 Å². The molecule has 0 aliphatic rings. The quantitative estimate of drug-likeness (QED) is 0.416. The Labute approximate surface area is 116 Å². The van der Waals surface area contributed by atoms with Crippen molar-refractivity contribution in [3.05, 3.63) is 18.5 Å². The molecule has 0 aliphatic heterocycles. The minimum absolute atomic E-state index is 0.209. The van der Waals surface area contributed by atoms with Crippen LogP contribution in [0.1, 0.15) is 5.82 Å². The van der Waals surface area contributed by atoms with Gasteiger partial charge in [0, 0.05) is 0 Å². The van der Waals surface area contributed by atoms with Crippen molar-refractivity contribution >= 4 is 17.7 Å². The van der Waals surface area contributed by atoms with Crippen LogP contribution in [0.5, 0.6) is 0 Å². The summed E-state index contributed by atoms with van der Waals surface area (Å²) < 4.78 is 1.40. The van der Waals surface area contributed by atoms with Crippen LogP contribution in [-0.4, -0.2) is 44.9 Å². The average Bonchev–Trinajstić information content (AvgIpc) is 3.10. The molecule has 3 rings (SSSR count). The standard InChI is InChI=1S/C8H9N11S/c1-4-12-8(18-17-4)20-7-14-5(16-9)13-6(15-7)19-3-10-2-11-19/h2-3H,9H2,1H3,(H,12,17,18)(H,13,14,15,16). The third kappa shape index (κ3) is 2.55. The van der Waals surface area contributed by atoms with Crippen molar-refractivity contribution in [1.29, 1.82) is 0 Å². The molecule has 0 amide bonds. The number of hydrazine groups is 1. The molecule has 0 spiro atoms. The first-order valence-electron chi connectivity index (χ1n) is 5.39. The highest BCUT2D eigenvalue weighted by Crippen LogP contribution is 2.21. The van der Waals surface area contributed by atoms with E-state index in [9.17, 15) is 0 Å². The van der Waals surface area contributed by atoms with Crippen LogP contribution in [0, 0.1) is 6.92 Å². The summed E-state index contributed by atoms with van der Waals surface area (Å²) in [6, 6.07) is 0.